The maximum atomic E-state index is 12.6. The third-order valence-electron chi connectivity index (χ3n) is 6.84. The van der Waals surface area contributed by atoms with Crippen LogP contribution in [0.4, 0.5) is 0 Å². The average molecular weight is 430 g/mol. The van der Waals surface area contributed by atoms with Crippen LogP contribution >= 0.6 is 0 Å². The molecule has 10 heteroatoms. The van der Waals surface area contributed by atoms with E-state index in [1.54, 1.807) is 17.0 Å². The summed E-state index contributed by atoms with van der Waals surface area (Å²) in [5, 5.41) is 21.9. The number of aromatic carboxylic acids is 1. The number of rotatable bonds is 5. The van der Waals surface area contributed by atoms with Gasteiger partial charge in [-0.3, -0.25) is 4.79 Å². The number of hydrogen-bond donors (Lipinski definition) is 1. The van der Waals surface area contributed by atoms with Crippen molar-refractivity contribution >= 4 is 19.0 Å². The first-order valence-corrected chi connectivity index (χ1v) is 10.8. The van der Waals surface area contributed by atoms with Gasteiger partial charge >= 0.3 is 7.12 Å². The van der Waals surface area contributed by atoms with E-state index in [-0.39, 0.29) is 46.9 Å². The Hall–Kier alpha value is -2.30. The Balaban J connectivity index is 1.21. The Labute approximate surface area is 181 Å². The molecular formula is C21H27BN2O7. The zero-order chi connectivity index (χ0) is 21.9. The standard InChI is InChI=1S/C21H27BN2O7/c1-24(2)5-6-29-12(11-24)7-18(25)23-9-13(10-23)30-17-4-3-14-15-8-16(15)22(28)31-20(14)19(17)21(26)27/h3-4,12-13,15-16,28H,5-11H2,1-2H3/t12-,15-,16-/m0/s1. The van der Waals surface area contributed by atoms with Crippen LogP contribution in [0.2, 0.25) is 5.82 Å². The van der Waals surface area contributed by atoms with Gasteiger partial charge in [0.15, 0.2) is 0 Å². The number of likely N-dealkylation sites (N-methyl/N-ethyl adjacent to an activating group) is 1. The molecule has 0 bridgehead atoms. The normalized spacial score (nSPS) is 28.7. The van der Waals surface area contributed by atoms with Crippen molar-refractivity contribution in [1.29, 1.82) is 0 Å². The lowest BCUT2D eigenvalue weighted by Crippen LogP contribution is -2.58. The minimum Gasteiger partial charge on any atom is -0.545 e. The summed E-state index contributed by atoms with van der Waals surface area (Å²) in [6.45, 7) is 3.17. The Kier molecular flexibility index (Phi) is 4.91. The molecule has 5 rings (SSSR count). The van der Waals surface area contributed by atoms with Crippen molar-refractivity contribution in [3.63, 3.8) is 0 Å². The Morgan fingerprint density at radius 1 is 1.35 bits per heavy atom. The van der Waals surface area contributed by atoms with Crippen molar-refractivity contribution in [2.75, 3.05) is 46.9 Å². The number of morpholine rings is 1. The molecule has 3 fully saturated rings. The fourth-order valence-corrected chi connectivity index (χ4v) is 4.89. The monoisotopic (exact) mass is 430 g/mol. The molecule has 3 aliphatic heterocycles. The molecule has 0 spiro atoms. The summed E-state index contributed by atoms with van der Waals surface area (Å²) >= 11 is 0. The molecule has 166 valence electrons. The van der Waals surface area contributed by atoms with E-state index >= 15 is 0 Å². The largest absolute Gasteiger partial charge is 0.545 e. The zero-order valence-electron chi connectivity index (χ0n) is 17.8. The summed E-state index contributed by atoms with van der Waals surface area (Å²) in [5.74, 6) is -0.946. The second-order valence-corrected chi connectivity index (χ2v) is 9.74. The van der Waals surface area contributed by atoms with Gasteiger partial charge in [-0.25, -0.2) is 0 Å². The first-order chi connectivity index (χ1) is 14.7. The quantitative estimate of drug-likeness (QED) is 0.483. The smallest absolute Gasteiger partial charge is 0.526 e. The molecule has 1 aromatic rings. The van der Waals surface area contributed by atoms with Crippen LogP contribution in [0.15, 0.2) is 12.1 Å². The van der Waals surface area contributed by atoms with Crippen LogP contribution in [-0.2, 0) is 9.53 Å². The first-order valence-electron chi connectivity index (χ1n) is 10.8. The molecule has 31 heavy (non-hydrogen) atoms. The molecule has 3 heterocycles. The van der Waals surface area contributed by atoms with Crippen molar-refractivity contribution in [2.24, 2.45) is 0 Å². The summed E-state index contributed by atoms with van der Waals surface area (Å²) < 4.78 is 18.0. The van der Waals surface area contributed by atoms with Crippen molar-refractivity contribution < 1.29 is 38.3 Å². The molecule has 1 amide bonds. The van der Waals surface area contributed by atoms with Crippen LogP contribution in [-0.4, -0.2) is 92.5 Å². The third-order valence-corrected chi connectivity index (χ3v) is 6.84. The molecule has 3 atom stereocenters. The summed E-state index contributed by atoms with van der Waals surface area (Å²) in [5.41, 5.74) is 0.614. The second kappa shape index (κ2) is 7.39. The van der Waals surface area contributed by atoms with Crippen LogP contribution in [0, 0.1) is 0 Å². The number of likely N-dealkylation sites (tertiary alicyclic amines) is 1. The van der Waals surface area contributed by atoms with Crippen molar-refractivity contribution in [3.05, 3.63) is 23.3 Å². The second-order valence-electron chi connectivity index (χ2n) is 9.74. The number of quaternary nitrogens is 1. The first kappa shape index (κ1) is 20.6. The number of amides is 1. The lowest BCUT2D eigenvalue weighted by molar-refractivity contribution is -0.901. The molecule has 4 aliphatic rings. The molecule has 2 saturated heterocycles. The lowest BCUT2D eigenvalue weighted by atomic mass is 9.77. The number of carboxylic acids is 1. The fraction of sp³-hybridized carbons (Fsp3) is 0.619. The van der Waals surface area contributed by atoms with E-state index in [1.165, 1.54) is 0 Å². The summed E-state index contributed by atoms with van der Waals surface area (Å²) in [6, 6.07) is 3.43. The molecule has 1 aromatic carbocycles. The van der Waals surface area contributed by atoms with Gasteiger partial charge in [0.1, 0.15) is 36.8 Å². The van der Waals surface area contributed by atoms with E-state index in [9.17, 15) is 19.7 Å². The highest BCUT2D eigenvalue weighted by Gasteiger charge is 2.54. The average Bonchev–Trinajstić information content (AvgIpc) is 3.44. The van der Waals surface area contributed by atoms with Crippen LogP contribution in [0.5, 0.6) is 11.5 Å². The van der Waals surface area contributed by atoms with Gasteiger partial charge < -0.3 is 38.4 Å². The predicted molar refractivity (Wildman–Crippen MR) is 108 cm³/mol. The van der Waals surface area contributed by atoms with Gasteiger partial charge in [0.05, 0.1) is 51.7 Å². The minimum atomic E-state index is -1.40. The summed E-state index contributed by atoms with van der Waals surface area (Å²) in [7, 11) is 3.26. The highest BCUT2D eigenvalue weighted by atomic mass is 16.5. The molecule has 9 nitrogen and oxygen atoms in total. The van der Waals surface area contributed by atoms with Gasteiger partial charge in [0.25, 0.3) is 0 Å². The molecule has 1 aliphatic carbocycles. The molecule has 0 unspecified atom stereocenters. The van der Waals surface area contributed by atoms with Gasteiger partial charge in [-0.05, 0) is 24.0 Å². The number of carbonyl (C=O) groups excluding carboxylic acids is 2. The Morgan fingerprint density at radius 2 is 2.13 bits per heavy atom. The van der Waals surface area contributed by atoms with Gasteiger partial charge in [-0.1, -0.05) is 6.07 Å². The summed E-state index contributed by atoms with van der Waals surface area (Å²) in [6.07, 6.45) is 0.728. The van der Waals surface area contributed by atoms with Gasteiger partial charge in [-0.2, -0.15) is 0 Å². The molecule has 0 aromatic heterocycles. The number of carboxylic acid groups (broad SMARTS) is 1. The van der Waals surface area contributed by atoms with Crippen LogP contribution in [0.25, 0.3) is 0 Å². The maximum absolute atomic E-state index is 12.6. The van der Waals surface area contributed by atoms with Gasteiger partial charge in [-0.15, -0.1) is 0 Å². The Bertz CT molecular complexity index is 917. The molecule has 0 radical (unpaired) electrons. The predicted octanol–water partition coefficient (Wildman–Crippen LogP) is -0.765. The number of benzene rings is 1. The van der Waals surface area contributed by atoms with Crippen LogP contribution in [0.1, 0.15) is 34.7 Å². The topological polar surface area (TPSA) is 108 Å². The molecular weight excluding hydrogens is 403 g/mol. The van der Waals surface area contributed by atoms with Crippen LogP contribution in [0.3, 0.4) is 0 Å². The van der Waals surface area contributed by atoms with E-state index < -0.39 is 13.1 Å². The van der Waals surface area contributed by atoms with E-state index in [0.29, 0.717) is 26.1 Å². The Morgan fingerprint density at radius 3 is 2.84 bits per heavy atom. The molecule has 1 saturated carbocycles. The van der Waals surface area contributed by atoms with Crippen molar-refractivity contribution in [2.45, 2.75) is 36.8 Å². The van der Waals surface area contributed by atoms with E-state index in [0.717, 1.165) is 29.6 Å². The number of ether oxygens (including phenoxy) is 2. The molecule has 1 N–H and O–H groups in total. The zero-order valence-corrected chi connectivity index (χ0v) is 17.8. The van der Waals surface area contributed by atoms with Gasteiger partial charge in [0.2, 0.25) is 5.91 Å². The number of nitrogens with zero attached hydrogens (tertiary/aromatic N) is 2. The van der Waals surface area contributed by atoms with Crippen molar-refractivity contribution in [1.82, 2.24) is 4.90 Å². The number of hydrogen-bond acceptors (Lipinski definition) is 7. The fourth-order valence-electron chi connectivity index (χ4n) is 4.89. The van der Waals surface area contributed by atoms with E-state index in [1.807, 2.05) is 0 Å². The number of fused-ring (bicyclic) bond motifs is 3. The minimum absolute atomic E-state index is 0.0172. The number of carbonyl (C=O) groups is 2. The third kappa shape index (κ3) is 3.88. The van der Waals surface area contributed by atoms with Crippen LogP contribution < -0.4 is 14.5 Å². The van der Waals surface area contributed by atoms with E-state index in [4.69, 9.17) is 14.1 Å². The highest BCUT2D eigenvalue weighted by molar-refractivity contribution is 6.48. The maximum Gasteiger partial charge on any atom is 0.526 e. The SMILES string of the molecule is C[N+]1(C)CCO[C@@H](CC(=O)N2CC(Oc3ccc4c(c3C(=O)[O-])OB(O)[C@H]3C[C@@H]43)C2)C1. The summed E-state index contributed by atoms with van der Waals surface area (Å²) in [4.78, 5) is 26.1. The highest BCUT2D eigenvalue weighted by Crippen LogP contribution is 2.60. The van der Waals surface area contributed by atoms with Crippen molar-refractivity contribution in [3.8, 4) is 11.5 Å². The lowest BCUT2D eigenvalue weighted by Gasteiger charge is -2.41. The van der Waals surface area contributed by atoms with E-state index in [2.05, 4.69) is 14.1 Å². The van der Waals surface area contributed by atoms with Gasteiger partial charge in [0, 0.05) is 5.82 Å².